The van der Waals surface area contributed by atoms with E-state index in [4.69, 9.17) is 0 Å². The molecule has 2 N–H and O–H groups in total. The van der Waals surface area contributed by atoms with Gasteiger partial charge < -0.3 is 0 Å². The molecule has 2 amide bonds. The maximum absolute atomic E-state index is 13.1. The molecule has 4 rings (SSSR count). The molecule has 156 valence electrons. The highest BCUT2D eigenvalue weighted by molar-refractivity contribution is 7.14. The van der Waals surface area contributed by atoms with Gasteiger partial charge in [-0.25, -0.2) is 9.07 Å². The number of benzene rings is 1. The number of amides is 2. The normalized spacial score (nSPS) is 13.8. The van der Waals surface area contributed by atoms with Gasteiger partial charge >= 0.3 is 0 Å². The number of thiophene rings is 1. The summed E-state index contributed by atoms with van der Waals surface area (Å²) in [5.41, 5.74) is 7.27. The number of hydrogen-bond acceptors (Lipinski definition) is 5. The van der Waals surface area contributed by atoms with E-state index in [1.165, 1.54) is 51.4 Å². The van der Waals surface area contributed by atoms with Crippen molar-refractivity contribution in [2.45, 2.75) is 45.4 Å². The minimum atomic E-state index is -0.566. The van der Waals surface area contributed by atoms with Crippen LogP contribution >= 0.6 is 11.3 Å². The highest BCUT2D eigenvalue weighted by atomic mass is 32.1. The highest BCUT2D eigenvalue weighted by Gasteiger charge is 2.20. The summed E-state index contributed by atoms with van der Waals surface area (Å²) in [7, 11) is 0. The first kappa shape index (κ1) is 20.2. The zero-order valence-electron chi connectivity index (χ0n) is 16.6. The Labute approximate surface area is 177 Å². The van der Waals surface area contributed by atoms with Crippen molar-refractivity contribution in [2.75, 3.05) is 0 Å². The molecule has 0 radical (unpaired) electrons. The van der Waals surface area contributed by atoms with Gasteiger partial charge in [-0.05, 0) is 68.5 Å². The van der Waals surface area contributed by atoms with Crippen LogP contribution in [0.5, 0.6) is 0 Å². The van der Waals surface area contributed by atoms with E-state index >= 15 is 0 Å². The molecule has 1 aliphatic rings. The number of nitrogens with zero attached hydrogens (tertiary/aromatic N) is 3. The molecule has 0 spiro atoms. The van der Waals surface area contributed by atoms with Crippen LogP contribution in [0.15, 0.2) is 30.3 Å². The van der Waals surface area contributed by atoms with Gasteiger partial charge in [0, 0.05) is 4.88 Å². The number of carbonyl (C=O) groups is 2. The second kappa shape index (κ2) is 8.74. The van der Waals surface area contributed by atoms with Crippen molar-refractivity contribution in [3.63, 3.8) is 0 Å². The Morgan fingerprint density at radius 3 is 2.50 bits per heavy atom. The molecule has 30 heavy (non-hydrogen) atoms. The van der Waals surface area contributed by atoms with Crippen LogP contribution in [-0.4, -0.2) is 26.8 Å². The Balaban J connectivity index is 1.42. The molecule has 0 bridgehead atoms. The fraction of sp³-hybridized carbons (Fsp3) is 0.333. The quantitative estimate of drug-likeness (QED) is 0.626. The molecule has 1 aliphatic carbocycles. The lowest BCUT2D eigenvalue weighted by Gasteiger charge is -2.07. The number of aryl methyl sites for hydroxylation is 2. The summed E-state index contributed by atoms with van der Waals surface area (Å²) in [6.45, 7) is 1.68. The molecule has 1 aromatic carbocycles. The van der Waals surface area contributed by atoms with Crippen LogP contribution in [0.4, 0.5) is 4.39 Å². The molecule has 0 aliphatic heterocycles. The monoisotopic (exact) mass is 427 g/mol. The van der Waals surface area contributed by atoms with E-state index in [0.717, 1.165) is 25.7 Å². The molecule has 0 fully saturated rings. The molecule has 0 saturated heterocycles. The van der Waals surface area contributed by atoms with Crippen molar-refractivity contribution < 1.29 is 14.0 Å². The van der Waals surface area contributed by atoms with Gasteiger partial charge in [0.2, 0.25) is 0 Å². The number of carbonyl (C=O) groups excluding carboxylic acids is 2. The third-order valence-corrected chi connectivity index (χ3v) is 6.43. The first-order valence-electron chi connectivity index (χ1n) is 9.93. The van der Waals surface area contributed by atoms with Gasteiger partial charge in [0.15, 0.2) is 5.69 Å². The van der Waals surface area contributed by atoms with Gasteiger partial charge in [0.1, 0.15) is 5.82 Å². The van der Waals surface area contributed by atoms with E-state index in [0.29, 0.717) is 16.3 Å². The summed E-state index contributed by atoms with van der Waals surface area (Å²) in [4.78, 5) is 26.9. The fourth-order valence-corrected chi connectivity index (χ4v) is 4.71. The number of rotatable bonds is 3. The fourth-order valence-electron chi connectivity index (χ4n) is 3.56. The lowest BCUT2D eigenvalue weighted by Crippen LogP contribution is -2.41. The van der Waals surface area contributed by atoms with Crippen LogP contribution in [0.1, 0.15) is 62.0 Å². The number of aromatic nitrogens is 3. The SMILES string of the molecule is Cc1c(C(=O)NNC(=O)c2cc3c(s2)CCCCCC3)nnn1-c1ccc(F)cc1. The third kappa shape index (κ3) is 4.25. The summed E-state index contributed by atoms with van der Waals surface area (Å²) < 4.78 is 14.6. The average molecular weight is 428 g/mol. The van der Waals surface area contributed by atoms with Gasteiger partial charge in [0.05, 0.1) is 16.3 Å². The van der Waals surface area contributed by atoms with Gasteiger partial charge in [-0.2, -0.15) is 0 Å². The second-order valence-corrected chi connectivity index (χ2v) is 8.43. The number of nitrogens with one attached hydrogen (secondary N) is 2. The Kier molecular flexibility index (Phi) is 5.89. The van der Waals surface area contributed by atoms with Crippen LogP contribution in [-0.2, 0) is 12.8 Å². The maximum atomic E-state index is 13.1. The molecular weight excluding hydrogens is 405 g/mol. The van der Waals surface area contributed by atoms with Crippen LogP contribution in [0.25, 0.3) is 5.69 Å². The topological polar surface area (TPSA) is 88.9 Å². The zero-order chi connectivity index (χ0) is 21.1. The standard InChI is InChI=1S/C21H22FN5O2S/c1-13-19(23-26-27(13)16-10-8-15(22)9-11-16)21(29)25-24-20(28)18-12-14-6-4-2-3-5-7-17(14)30-18/h8-12H,2-7H2,1H3,(H,24,28)(H,25,29). The van der Waals surface area contributed by atoms with Crippen molar-refractivity contribution in [2.24, 2.45) is 0 Å². The number of halogens is 1. The minimum Gasteiger partial charge on any atom is -0.266 e. The first-order chi connectivity index (χ1) is 14.5. The molecule has 0 unspecified atom stereocenters. The Hall–Kier alpha value is -3.07. The van der Waals surface area contributed by atoms with Crippen LogP contribution in [0.2, 0.25) is 0 Å². The smallest absolute Gasteiger partial charge is 0.266 e. The largest absolute Gasteiger partial charge is 0.292 e. The predicted octanol–water partition coefficient (Wildman–Crippen LogP) is 3.51. The van der Waals surface area contributed by atoms with Gasteiger partial charge in [-0.3, -0.25) is 20.4 Å². The predicted molar refractivity (Wildman–Crippen MR) is 111 cm³/mol. The van der Waals surface area contributed by atoms with E-state index in [1.54, 1.807) is 19.1 Å². The van der Waals surface area contributed by atoms with Crippen LogP contribution in [0.3, 0.4) is 0 Å². The summed E-state index contributed by atoms with van der Waals surface area (Å²) in [6.07, 6.45) is 6.75. The highest BCUT2D eigenvalue weighted by Crippen LogP contribution is 2.28. The van der Waals surface area contributed by atoms with Crippen molar-refractivity contribution in [1.29, 1.82) is 0 Å². The van der Waals surface area contributed by atoms with Crippen molar-refractivity contribution in [1.82, 2.24) is 25.8 Å². The van der Waals surface area contributed by atoms with E-state index in [9.17, 15) is 14.0 Å². The molecular formula is C21H22FN5O2S. The molecule has 2 heterocycles. The summed E-state index contributed by atoms with van der Waals surface area (Å²) in [5.74, 6) is -1.27. The van der Waals surface area contributed by atoms with Crippen molar-refractivity contribution >= 4 is 23.2 Å². The summed E-state index contributed by atoms with van der Waals surface area (Å²) >= 11 is 1.49. The Morgan fingerprint density at radius 1 is 1.03 bits per heavy atom. The number of fused-ring (bicyclic) bond motifs is 1. The third-order valence-electron chi connectivity index (χ3n) is 5.19. The number of hydrogen-bond donors (Lipinski definition) is 2. The minimum absolute atomic E-state index is 0.0816. The molecule has 7 nitrogen and oxygen atoms in total. The molecule has 3 aromatic rings. The van der Waals surface area contributed by atoms with Crippen molar-refractivity contribution in [3.05, 3.63) is 62.9 Å². The number of hydrazine groups is 1. The van der Waals surface area contributed by atoms with Crippen molar-refractivity contribution in [3.8, 4) is 5.69 Å². The molecule has 0 saturated carbocycles. The zero-order valence-corrected chi connectivity index (χ0v) is 17.4. The van der Waals surface area contributed by atoms with Gasteiger partial charge in [-0.1, -0.05) is 18.1 Å². The van der Waals surface area contributed by atoms with Crippen LogP contribution < -0.4 is 10.9 Å². The molecule has 0 atom stereocenters. The Bertz CT molecular complexity index is 1050. The molecule has 2 aromatic heterocycles. The van der Waals surface area contributed by atoms with Crippen LogP contribution in [0, 0.1) is 12.7 Å². The summed E-state index contributed by atoms with van der Waals surface area (Å²) in [5, 5.41) is 7.85. The lowest BCUT2D eigenvalue weighted by molar-refractivity contribution is 0.0845. The lowest BCUT2D eigenvalue weighted by atomic mass is 10.00. The molecule has 9 heteroatoms. The maximum Gasteiger partial charge on any atom is 0.292 e. The Morgan fingerprint density at radius 2 is 1.73 bits per heavy atom. The average Bonchev–Trinajstić information content (AvgIpc) is 3.30. The summed E-state index contributed by atoms with van der Waals surface area (Å²) in [6, 6.07) is 7.64. The van der Waals surface area contributed by atoms with E-state index < -0.39 is 5.91 Å². The second-order valence-electron chi connectivity index (χ2n) is 7.29. The van der Waals surface area contributed by atoms with E-state index in [-0.39, 0.29) is 17.4 Å². The van der Waals surface area contributed by atoms with E-state index in [2.05, 4.69) is 21.2 Å². The van der Waals surface area contributed by atoms with Gasteiger partial charge in [0.25, 0.3) is 11.8 Å². The van der Waals surface area contributed by atoms with Gasteiger partial charge in [-0.15, -0.1) is 16.4 Å². The van der Waals surface area contributed by atoms with E-state index in [1.807, 2.05) is 6.07 Å². The first-order valence-corrected chi connectivity index (χ1v) is 10.7.